The first kappa shape index (κ1) is 13.6. The van der Waals surface area contributed by atoms with Crippen LogP contribution in [0.2, 0.25) is 10.0 Å². The van der Waals surface area contributed by atoms with Crippen LogP contribution in [0.3, 0.4) is 0 Å². The van der Waals surface area contributed by atoms with Crippen molar-refractivity contribution in [3.05, 3.63) is 52.7 Å². The predicted octanol–water partition coefficient (Wildman–Crippen LogP) is 3.30. The minimum atomic E-state index is -0.247. The number of nitrogens with one attached hydrogen (secondary N) is 2. The van der Waals surface area contributed by atoms with Crippen LogP contribution >= 0.6 is 23.2 Å². The number of carbonyl (C=O) groups excluding carboxylic acids is 1. The first-order valence-corrected chi connectivity index (χ1v) is 6.27. The number of halogens is 2. The van der Waals surface area contributed by atoms with Crippen molar-refractivity contribution in [2.75, 3.05) is 6.54 Å². The summed E-state index contributed by atoms with van der Waals surface area (Å²) in [4.78, 5) is 11.7. The first-order chi connectivity index (χ1) is 9.11. The van der Waals surface area contributed by atoms with Gasteiger partial charge >= 0.3 is 0 Å². The van der Waals surface area contributed by atoms with Gasteiger partial charge in [-0.05, 0) is 24.3 Å². The van der Waals surface area contributed by atoms with Crippen LogP contribution in [0, 0.1) is 0 Å². The van der Waals surface area contributed by atoms with E-state index in [1.54, 1.807) is 30.3 Å². The zero-order valence-electron chi connectivity index (χ0n) is 9.91. The van der Waals surface area contributed by atoms with E-state index in [1.807, 2.05) is 0 Å². The Morgan fingerprint density at radius 2 is 2.21 bits per heavy atom. The zero-order chi connectivity index (χ0) is 13.8. The van der Waals surface area contributed by atoms with Gasteiger partial charge in [0, 0.05) is 17.1 Å². The van der Waals surface area contributed by atoms with Crippen LogP contribution in [-0.2, 0) is 0 Å². The van der Waals surface area contributed by atoms with E-state index in [1.165, 1.54) is 0 Å². The lowest BCUT2D eigenvalue weighted by Crippen LogP contribution is -2.23. The van der Waals surface area contributed by atoms with Crippen LogP contribution in [0.4, 0.5) is 0 Å². The topological polar surface area (TPSA) is 57.8 Å². The van der Waals surface area contributed by atoms with Crippen molar-refractivity contribution in [1.29, 1.82) is 0 Å². The SMILES string of the molecule is C=CCNC(=O)c1cc(-c2ccc(Cl)cc2Cl)n[nH]1. The number of benzene rings is 1. The zero-order valence-corrected chi connectivity index (χ0v) is 11.4. The molecule has 2 rings (SSSR count). The molecule has 4 nitrogen and oxygen atoms in total. The van der Waals surface area contributed by atoms with Crippen molar-refractivity contribution >= 4 is 29.1 Å². The summed E-state index contributed by atoms with van der Waals surface area (Å²) in [7, 11) is 0. The largest absolute Gasteiger partial charge is 0.347 e. The maximum absolute atomic E-state index is 11.7. The number of aromatic amines is 1. The quantitative estimate of drug-likeness (QED) is 0.850. The summed E-state index contributed by atoms with van der Waals surface area (Å²) in [6.45, 7) is 3.93. The Labute approximate surface area is 120 Å². The van der Waals surface area contributed by atoms with Gasteiger partial charge in [-0.1, -0.05) is 29.3 Å². The molecule has 1 amide bonds. The highest BCUT2D eigenvalue weighted by Crippen LogP contribution is 2.29. The van der Waals surface area contributed by atoms with Gasteiger partial charge in [0.1, 0.15) is 5.69 Å². The Hall–Kier alpha value is -1.78. The average molecular weight is 296 g/mol. The summed E-state index contributed by atoms with van der Waals surface area (Å²) in [6.07, 6.45) is 1.60. The molecule has 98 valence electrons. The normalized spacial score (nSPS) is 10.2. The molecule has 1 aromatic carbocycles. The number of rotatable bonds is 4. The first-order valence-electron chi connectivity index (χ1n) is 5.51. The van der Waals surface area contributed by atoms with Crippen molar-refractivity contribution in [2.24, 2.45) is 0 Å². The summed E-state index contributed by atoms with van der Waals surface area (Å²) < 4.78 is 0. The van der Waals surface area contributed by atoms with Crippen molar-refractivity contribution < 1.29 is 4.79 Å². The summed E-state index contributed by atoms with van der Waals surface area (Å²) in [6, 6.07) is 6.74. The summed E-state index contributed by atoms with van der Waals surface area (Å²) >= 11 is 11.9. The van der Waals surface area contributed by atoms with Crippen LogP contribution in [0.25, 0.3) is 11.3 Å². The Morgan fingerprint density at radius 1 is 1.42 bits per heavy atom. The fourth-order valence-corrected chi connectivity index (χ4v) is 2.04. The molecular formula is C13H11Cl2N3O. The summed E-state index contributed by atoms with van der Waals surface area (Å²) in [5.74, 6) is -0.247. The molecule has 6 heteroatoms. The Morgan fingerprint density at radius 3 is 2.89 bits per heavy atom. The van der Waals surface area contributed by atoms with Crippen molar-refractivity contribution in [3.63, 3.8) is 0 Å². The molecular weight excluding hydrogens is 285 g/mol. The molecule has 0 radical (unpaired) electrons. The maximum atomic E-state index is 11.7. The molecule has 0 saturated carbocycles. The van der Waals surface area contributed by atoms with Gasteiger partial charge in [0.25, 0.3) is 5.91 Å². The lowest BCUT2D eigenvalue weighted by Gasteiger charge is -2.00. The highest BCUT2D eigenvalue weighted by Gasteiger charge is 2.12. The van der Waals surface area contributed by atoms with Crippen LogP contribution in [0.15, 0.2) is 36.9 Å². The third-order valence-electron chi connectivity index (χ3n) is 2.44. The fourth-order valence-electron chi connectivity index (χ4n) is 1.53. The molecule has 19 heavy (non-hydrogen) atoms. The van der Waals surface area contributed by atoms with Gasteiger partial charge < -0.3 is 5.32 Å². The molecule has 0 atom stereocenters. The van der Waals surface area contributed by atoms with E-state index in [4.69, 9.17) is 23.2 Å². The number of aromatic nitrogens is 2. The lowest BCUT2D eigenvalue weighted by molar-refractivity contribution is 0.0953. The molecule has 0 aliphatic heterocycles. The molecule has 1 heterocycles. The van der Waals surface area contributed by atoms with Gasteiger partial charge in [-0.15, -0.1) is 6.58 Å². The molecule has 1 aromatic heterocycles. The predicted molar refractivity (Wildman–Crippen MR) is 76.6 cm³/mol. The van der Waals surface area contributed by atoms with E-state index in [2.05, 4.69) is 22.1 Å². The van der Waals surface area contributed by atoms with Crippen molar-refractivity contribution in [1.82, 2.24) is 15.5 Å². The molecule has 0 bridgehead atoms. The molecule has 0 saturated heterocycles. The molecule has 2 N–H and O–H groups in total. The number of H-pyrrole nitrogens is 1. The number of nitrogens with zero attached hydrogens (tertiary/aromatic N) is 1. The van der Waals surface area contributed by atoms with E-state index in [-0.39, 0.29) is 5.91 Å². The highest BCUT2D eigenvalue weighted by atomic mass is 35.5. The summed E-state index contributed by atoms with van der Waals surface area (Å²) in [5.41, 5.74) is 1.67. The third kappa shape index (κ3) is 3.16. The van der Waals surface area contributed by atoms with E-state index in [9.17, 15) is 4.79 Å². The molecule has 0 aliphatic rings. The Bertz CT molecular complexity index is 622. The molecule has 0 spiro atoms. The van der Waals surface area contributed by atoms with Crippen LogP contribution in [0.1, 0.15) is 10.5 Å². The molecule has 2 aromatic rings. The van der Waals surface area contributed by atoms with Gasteiger partial charge in [-0.25, -0.2) is 0 Å². The standard InChI is InChI=1S/C13H11Cl2N3O/c1-2-5-16-13(19)12-7-11(17-18-12)9-4-3-8(14)6-10(9)15/h2-4,6-7H,1,5H2,(H,16,19)(H,17,18). The number of hydrogen-bond donors (Lipinski definition) is 2. The van der Waals surface area contributed by atoms with Gasteiger partial charge in [0.05, 0.1) is 10.7 Å². The number of amides is 1. The van der Waals surface area contributed by atoms with E-state index >= 15 is 0 Å². The third-order valence-corrected chi connectivity index (χ3v) is 2.98. The van der Waals surface area contributed by atoms with E-state index in [0.29, 0.717) is 33.5 Å². The number of hydrogen-bond acceptors (Lipinski definition) is 2. The molecule has 0 aliphatic carbocycles. The lowest BCUT2D eigenvalue weighted by atomic mass is 10.1. The molecule has 0 unspecified atom stereocenters. The van der Waals surface area contributed by atoms with Gasteiger partial charge in [-0.2, -0.15) is 5.10 Å². The van der Waals surface area contributed by atoms with Gasteiger partial charge in [0.15, 0.2) is 0 Å². The van der Waals surface area contributed by atoms with Crippen LogP contribution in [-0.4, -0.2) is 22.6 Å². The second-order valence-corrected chi connectivity index (χ2v) is 4.63. The maximum Gasteiger partial charge on any atom is 0.269 e. The Balaban J connectivity index is 2.25. The van der Waals surface area contributed by atoms with Gasteiger partial charge in [-0.3, -0.25) is 9.89 Å². The average Bonchev–Trinajstić information content (AvgIpc) is 2.85. The van der Waals surface area contributed by atoms with Gasteiger partial charge in [0.2, 0.25) is 0 Å². The fraction of sp³-hybridized carbons (Fsp3) is 0.0769. The van der Waals surface area contributed by atoms with Crippen molar-refractivity contribution in [2.45, 2.75) is 0 Å². The van der Waals surface area contributed by atoms with Crippen molar-refractivity contribution in [3.8, 4) is 11.3 Å². The summed E-state index contributed by atoms with van der Waals surface area (Å²) in [5, 5.41) is 10.4. The minimum absolute atomic E-state index is 0.247. The minimum Gasteiger partial charge on any atom is -0.347 e. The van der Waals surface area contributed by atoms with E-state index < -0.39 is 0 Å². The van der Waals surface area contributed by atoms with E-state index in [0.717, 1.165) is 0 Å². The highest BCUT2D eigenvalue weighted by molar-refractivity contribution is 6.36. The second kappa shape index (κ2) is 5.91. The second-order valence-electron chi connectivity index (χ2n) is 3.79. The molecule has 0 fully saturated rings. The van der Waals surface area contributed by atoms with Crippen LogP contribution in [0.5, 0.6) is 0 Å². The Kier molecular flexibility index (Phi) is 4.24. The number of carbonyl (C=O) groups is 1. The van der Waals surface area contributed by atoms with Crippen LogP contribution < -0.4 is 5.32 Å². The smallest absolute Gasteiger partial charge is 0.269 e. The monoisotopic (exact) mass is 295 g/mol.